The minimum Gasteiger partial charge on any atom is -0.486 e. The van der Waals surface area contributed by atoms with Crippen molar-refractivity contribution in [3.63, 3.8) is 0 Å². The van der Waals surface area contributed by atoms with Gasteiger partial charge in [-0.15, -0.1) is 0 Å². The van der Waals surface area contributed by atoms with Crippen LogP contribution in [0.3, 0.4) is 0 Å². The number of nitrogens with one attached hydrogen (secondary N) is 1. The molecular formula is C22H24N2O2. The molecule has 5 rings (SSSR count). The van der Waals surface area contributed by atoms with Gasteiger partial charge in [0.05, 0.1) is 6.04 Å². The molecule has 1 atom stereocenters. The summed E-state index contributed by atoms with van der Waals surface area (Å²) in [6.07, 6.45) is 2.20. The number of hydrogen-bond acceptors (Lipinski definition) is 3. The summed E-state index contributed by atoms with van der Waals surface area (Å²) >= 11 is 0. The van der Waals surface area contributed by atoms with Gasteiger partial charge in [-0.3, -0.25) is 4.90 Å². The molecule has 0 fully saturated rings. The van der Waals surface area contributed by atoms with Gasteiger partial charge in [0.25, 0.3) is 0 Å². The lowest BCUT2D eigenvalue weighted by Gasteiger charge is -2.35. The molecular weight excluding hydrogens is 324 g/mol. The fourth-order valence-electron chi connectivity index (χ4n) is 4.44. The number of H-pyrrole nitrogens is 1. The molecule has 1 N–H and O–H groups in total. The lowest BCUT2D eigenvalue weighted by Crippen LogP contribution is -2.34. The maximum Gasteiger partial charge on any atom is 0.161 e. The van der Waals surface area contributed by atoms with Crippen LogP contribution < -0.4 is 9.47 Å². The molecule has 1 aromatic heterocycles. The van der Waals surface area contributed by atoms with E-state index in [9.17, 15) is 0 Å². The van der Waals surface area contributed by atoms with Crippen molar-refractivity contribution in [3.05, 3.63) is 59.3 Å². The van der Waals surface area contributed by atoms with Crippen molar-refractivity contribution in [2.24, 2.45) is 0 Å². The first-order chi connectivity index (χ1) is 12.8. The van der Waals surface area contributed by atoms with E-state index in [2.05, 4.69) is 53.2 Å². The summed E-state index contributed by atoms with van der Waals surface area (Å²) in [4.78, 5) is 6.28. The molecule has 0 spiro atoms. The number of para-hydroxylation sites is 1. The van der Waals surface area contributed by atoms with Crippen LogP contribution in [-0.2, 0) is 13.0 Å². The van der Waals surface area contributed by atoms with Crippen LogP contribution in [0.25, 0.3) is 10.9 Å². The predicted molar refractivity (Wildman–Crippen MR) is 103 cm³/mol. The molecule has 2 aromatic carbocycles. The van der Waals surface area contributed by atoms with Gasteiger partial charge in [-0.1, -0.05) is 31.2 Å². The van der Waals surface area contributed by atoms with Crippen LogP contribution >= 0.6 is 0 Å². The van der Waals surface area contributed by atoms with Crippen molar-refractivity contribution in [2.45, 2.75) is 32.4 Å². The zero-order valence-corrected chi connectivity index (χ0v) is 15.1. The summed E-state index contributed by atoms with van der Waals surface area (Å²) in [6.45, 7) is 5.57. The Labute approximate surface area is 153 Å². The summed E-state index contributed by atoms with van der Waals surface area (Å²) in [6, 6.07) is 15.5. The number of fused-ring (bicyclic) bond motifs is 4. The van der Waals surface area contributed by atoms with Gasteiger partial charge in [0, 0.05) is 29.7 Å². The number of nitrogens with zero attached hydrogens (tertiary/aromatic N) is 1. The fourth-order valence-corrected chi connectivity index (χ4v) is 4.44. The van der Waals surface area contributed by atoms with Crippen LogP contribution in [0.1, 0.15) is 36.2 Å². The van der Waals surface area contributed by atoms with Gasteiger partial charge in [-0.25, -0.2) is 0 Å². The van der Waals surface area contributed by atoms with E-state index < -0.39 is 0 Å². The summed E-state index contributed by atoms with van der Waals surface area (Å²) in [5.74, 6) is 1.74. The van der Waals surface area contributed by atoms with E-state index in [1.165, 1.54) is 27.7 Å². The Morgan fingerprint density at radius 1 is 1.08 bits per heavy atom. The first-order valence-electron chi connectivity index (χ1n) is 9.55. The number of aromatic nitrogens is 1. The lowest BCUT2D eigenvalue weighted by molar-refractivity contribution is 0.163. The van der Waals surface area contributed by atoms with E-state index in [0.29, 0.717) is 19.3 Å². The number of aromatic amines is 1. The van der Waals surface area contributed by atoms with Gasteiger partial charge < -0.3 is 14.5 Å². The molecule has 0 bridgehead atoms. The number of benzene rings is 2. The zero-order valence-electron chi connectivity index (χ0n) is 15.1. The standard InChI is InChI=1S/C22H24N2O2/c1-2-19-22-17(16-5-3-4-6-18(16)23-22)9-10-24(19)14-15-7-8-20-21(13-15)26-12-11-25-20/h3-8,13,19,23H,2,9-12,14H2,1H3. The number of hydrogen-bond donors (Lipinski definition) is 1. The largest absolute Gasteiger partial charge is 0.486 e. The zero-order chi connectivity index (χ0) is 17.5. The second-order valence-corrected chi connectivity index (χ2v) is 7.19. The van der Waals surface area contributed by atoms with Crippen molar-refractivity contribution >= 4 is 10.9 Å². The van der Waals surface area contributed by atoms with Crippen LogP contribution in [-0.4, -0.2) is 29.6 Å². The molecule has 3 aromatic rings. The highest BCUT2D eigenvalue weighted by atomic mass is 16.6. The second-order valence-electron chi connectivity index (χ2n) is 7.19. The van der Waals surface area contributed by atoms with Gasteiger partial charge in [-0.2, -0.15) is 0 Å². The molecule has 0 saturated heterocycles. The third-order valence-corrected chi connectivity index (χ3v) is 5.65. The predicted octanol–water partition coefficient (Wildman–Crippen LogP) is 4.45. The summed E-state index contributed by atoms with van der Waals surface area (Å²) in [7, 11) is 0. The Hall–Kier alpha value is -2.46. The smallest absolute Gasteiger partial charge is 0.161 e. The van der Waals surface area contributed by atoms with Gasteiger partial charge >= 0.3 is 0 Å². The summed E-state index contributed by atoms with van der Waals surface area (Å²) < 4.78 is 11.4. The van der Waals surface area contributed by atoms with Crippen molar-refractivity contribution in [1.29, 1.82) is 0 Å². The Bertz CT molecular complexity index is 946. The van der Waals surface area contributed by atoms with Crippen LogP contribution in [0.2, 0.25) is 0 Å². The quantitative estimate of drug-likeness (QED) is 0.760. The summed E-state index contributed by atoms with van der Waals surface area (Å²) in [5.41, 5.74) is 5.45. The van der Waals surface area contributed by atoms with Gasteiger partial charge in [0.2, 0.25) is 0 Å². The number of ether oxygens (including phenoxy) is 2. The van der Waals surface area contributed by atoms with Crippen molar-refractivity contribution < 1.29 is 9.47 Å². The highest BCUT2D eigenvalue weighted by Gasteiger charge is 2.29. The maximum atomic E-state index is 5.75. The molecule has 3 heterocycles. The van der Waals surface area contributed by atoms with E-state index in [4.69, 9.17) is 9.47 Å². The first-order valence-corrected chi connectivity index (χ1v) is 9.55. The van der Waals surface area contributed by atoms with Gasteiger partial charge in [-0.05, 0) is 42.2 Å². The molecule has 4 nitrogen and oxygen atoms in total. The fraction of sp³-hybridized carbons (Fsp3) is 0.364. The topological polar surface area (TPSA) is 37.5 Å². The average Bonchev–Trinajstić information content (AvgIpc) is 3.06. The molecule has 0 amide bonds. The average molecular weight is 348 g/mol. The molecule has 26 heavy (non-hydrogen) atoms. The summed E-state index contributed by atoms with van der Waals surface area (Å²) in [5, 5.41) is 1.39. The Morgan fingerprint density at radius 3 is 2.81 bits per heavy atom. The van der Waals surface area contributed by atoms with Gasteiger partial charge in [0.1, 0.15) is 13.2 Å². The van der Waals surface area contributed by atoms with Crippen LogP contribution in [0.5, 0.6) is 11.5 Å². The third-order valence-electron chi connectivity index (χ3n) is 5.65. The highest BCUT2D eigenvalue weighted by molar-refractivity contribution is 5.85. The Morgan fingerprint density at radius 2 is 1.92 bits per heavy atom. The monoisotopic (exact) mass is 348 g/mol. The molecule has 0 radical (unpaired) electrons. The van der Waals surface area contributed by atoms with E-state index in [-0.39, 0.29) is 0 Å². The molecule has 0 aliphatic carbocycles. The van der Waals surface area contributed by atoms with Crippen LogP contribution in [0.15, 0.2) is 42.5 Å². The van der Waals surface area contributed by atoms with E-state index in [1.807, 2.05) is 6.07 Å². The molecule has 1 unspecified atom stereocenters. The molecule has 134 valence electrons. The van der Waals surface area contributed by atoms with Gasteiger partial charge in [0.15, 0.2) is 11.5 Å². The maximum absolute atomic E-state index is 5.75. The number of rotatable bonds is 3. The molecule has 2 aliphatic heterocycles. The molecule has 4 heteroatoms. The normalized spacial score (nSPS) is 19.5. The SMILES string of the molecule is CCC1c2[nH]c3ccccc3c2CCN1Cc1ccc2c(c1)OCCO2. The van der Waals surface area contributed by atoms with Crippen LogP contribution in [0, 0.1) is 0 Å². The Balaban J connectivity index is 1.45. The van der Waals surface area contributed by atoms with Crippen molar-refractivity contribution in [3.8, 4) is 11.5 Å². The van der Waals surface area contributed by atoms with E-state index >= 15 is 0 Å². The van der Waals surface area contributed by atoms with Crippen molar-refractivity contribution in [1.82, 2.24) is 9.88 Å². The minimum atomic E-state index is 0.430. The lowest BCUT2D eigenvalue weighted by atomic mass is 9.95. The second kappa shape index (κ2) is 6.36. The minimum absolute atomic E-state index is 0.430. The molecule has 0 saturated carbocycles. The van der Waals surface area contributed by atoms with E-state index in [0.717, 1.165) is 37.4 Å². The van der Waals surface area contributed by atoms with Crippen molar-refractivity contribution in [2.75, 3.05) is 19.8 Å². The first kappa shape index (κ1) is 15.8. The third kappa shape index (κ3) is 2.56. The highest BCUT2D eigenvalue weighted by Crippen LogP contribution is 2.38. The molecule has 2 aliphatic rings. The van der Waals surface area contributed by atoms with E-state index in [1.54, 1.807) is 0 Å². The van der Waals surface area contributed by atoms with Crippen LogP contribution in [0.4, 0.5) is 0 Å². The Kier molecular flexibility index (Phi) is 3.86.